The molecule has 1 saturated heterocycles. The molecule has 1 aromatic rings. The van der Waals surface area contributed by atoms with E-state index in [1.807, 2.05) is 6.07 Å². The van der Waals surface area contributed by atoms with Crippen LogP contribution in [0.1, 0.15) is 32.1 Å². The van der Waals surface area contributed by atoms with E-state index in [0.29, 0.717) is 10.8 Å². The van der Waals surface area contributed by atoms with E-state index in [-0.39, 0.29) is 17.6 Å². The van der Waals surface area contributed by atoms with Crippen molar-refractivity contribution >= 4 is 10.0 Å². The highest BCUT2D eigenvalue weighted by Gasteiger charge is 2.65. The number of ether oxygens (including phenoxy) is 1. The van der Waals surface area contributed by atoms with Gasteiger partial charge in [-0.3, -0.25) is 0 Å². The fourth-order valence-corrected chi connectivity index (χ4v) is 6.09. The van der Waals surface area contributed by atoms with Crippen molar-refractivity contribution in [1.29, 1.82) is 0 Å². The molecule has 1 aliphatic heterocycles. The van der Waals surface area contributed by atoms with Gasteiger partial charge in [-0.2, -0.15) is 0 Å². The van der Waals surface area contributed by atoms with E-state index in [4.69, 9.17) is 4.74 Å². The lowest BCUT2D eigenvalue weighted by molar-refractivity contribution is -0.123. The van der Waals surface area contributed by atoms with E-state index >= 15 is 0 Å². The highest BCUT2D eigenvalue weighted by molar-refractivity contribution is 7.89. The average Bonchev–Trinajstić information content (AvgIpc) is 3.14. The topological polar surface area (TPSA) is 55.4 Å². The minimum atomic E-state index is -3.43. The summed E-state index contributed by atoms with van der Waals surface area (Å²) in [6.45, 7) is 0.778. The molecule has 0 aromatic heterocycles. The molecule has 2 saturated carbocycles. The fourth-order valence-electron chi connectivity index (χ4n) is 4.69. The molecule has 21 heavy (non-hydrogen) atoms. The second kappa shape index (κ2) is 4.80. The Bertz CT molecular complexity index is 622. The zero-order valence-electron chi connectivity index (χ0n) is 12.0. The van der Waals surface area contributed by atoms with Crippen LogP contribution >= 0.6 is 0 Å². The first kappa shape index (κ1) is 13.7. The molecule has 3 atom stereocenters. The molecule has 3 aliphatic rings. The standard InChI is InChI=1S/C16H21NO3S/c18-21(19,12-6-2-1-3-7-12)17-14-13-8-11-20-15(13)16(14)9-4-5-10-16/h1-3,6-7,13-15,17H,4-5,8-11H2. The smallest absolute Gasteiger partial charge is 0.240 e. The first-order valence-corrected chi connectivity index (χ1v) is 9.31. The van der Waals surface area contributed by atoms with E-state index in [1.165, 1.54) is 12.8 Å². The van der Waals surface area contributed by atoms with Crippen LogP contribution in [0.5, 0.6) is 0 Å². The van der Waals surface area contributed by atoms with Gasteiger partial charge in [0.25, 0.3) is 0 Å². The highest BCUT2D eigenvalue weighted by Crippen LogP contribution is 2.60. The summed E-state index contributed by atoms with van der Waals surface area (Å²) in [5.41, 5.74) is 0.0585. The van der Waals surface area contributed by atoms with E-state index in [9.17, 15) is 8.42 Å². The first-order valence-electron chi connectivity index (χ1n) is 7.82. The van der Waals surface area contributed by atoms with E-state index in [0.717, 1.165) is 25.9 Å². The third-order valence-electron chi connectivity index (χ3n) is 5.62. The predicted molar refractivity (Wildman–Crippen MR) is 79.3 cm³/mol. The van der Waals surface area contributed by atoms with Gasteiger partial charge >= 0.3 is 0 Å². The number of hydrogen-bond acceptors (Lipinski definition) is 3. The van der Waals surface area contributed by atoms with Crippen molar-refractivity contribution in [2.75, 3.05) is 6.61 Å². The molecule has 0 amide bonds. The van der Waals surface area contributed by atoms with Gasteiger partial charge in [0.1, 0.15) is 0 Å². The van der Waals surface area contributed by atoms with Gasteiger partial charge in [-0.25, -0.2) is 13.1 Å². The van der Waals surface area contributed by atoms with Crippen LogP contribution in [0.15, 0.2) is 35.2 Å². The number of fused-ring (bicyclic) bond motifs is 2. The van der Waals surface area contributed by atoms with Crippen molar-refractivity contribution in [3.63, 3.8) is 0 Å². The number of benzene rings is 1. The number of nitrogens with one attached hydrogen (secondary N) is 1. The van der Waals surface area contributed by atoms with E-state index in [2.05, 4.69) is 4.72 Å². The summed E-state index contributed by atoms with van der Waals surface area (Å²) >= 11 is 0. The minimum absolute atomic E-state index is 0.0534. The van der Waals surface area contributed by atoms with Crippen molar-refractivity contribution in [2.24, 2.45) is 11.3 Å². The molecule has 3 unspecified atom stereocenters. The molecule has 1 heterocycles. The largest absolute Gasteiger partial charge is 0.377 e. The van der Waals surface area contributed by atoms with Gasteiger partial charge in [0.15, 0.2) is 0 Å². The Morgan fingerprint density at radius 3 is 2.57 bits per heavy atom. The van der Waals surface area contributed by atoms with Gasteiger partial charge in [-0.1, -0.05) is 31.0 Å². The average molecular weight is 307 g/mol. The lowest BCUT2D eigenvalue weighted by Gasteiger charge is -2.56. The Morgan fingerprint density at radius 2 is 1.86 bits per heavy atom. The molecular weight excluding hydrogens is 286 g/mol. The third kappa shape index (κ3) is 1.98. The van der Waals surface area contributed by atoms with Gasteiger partial charge in [-0.15, -0.1) is 0 Å². The molecule has 0 bridgehead atoms. The number of hydrogen-bond donors (Lipinski definition) is 1. The quantitative estimate of drug-likeness (QED) is 0.932. The highest BCUT2D eigenvalue weighted by atomic mass is 32.2. The molecule has 5 heteroatoms. The Balaban J connectivity index is 1.61. The van der Waals surface area contributed by atoms with Crippen molar-refractivity contribution in [1.82, 2.24) is 4.72 Å². The van der Waals surface area contributed by atoms with Crippen LogP contribution in [-0.4, -0.2) is 27.2 Å². The van der Waals surface area contributed by atoms with Crippen LogP contribution < -0.4 is 4.72 Å². The molecule has 114 valence electrons. The van der Waals surface area contributed by atoms with Crippen LogP contribution in [-0.2, 0) is 14.8 Å². The van der Waals surface area contributed by atoms with Crippen LogP contribution in [0.2, 0.25) is 0 Å². The van der Waals surface area contributed by atoms with E-state index < -0.39 is 10.0 Å². The summed E-state index contributed by atoms with van der Waals surface area (Å²) in [7, 11) is -3.43. The Hall–Kier alpha value is -0.910. The lowest BCUT2D eigenvalue weighted by atomic mass is 9.55. The van der Waals surface area contributed by atoms with Crippen molar-refractivity contribution in [3.8, 4) is 0 Å². The van der Waals surface area contributed by atoms with Gasteiger partial charge in [-0.05, 0) is 31.4 Å². The molecule has 2 aliphatic carbocycles. The van der Waals surface area contributed by atoms with Crippen LogP contribution in [0.3, 0.4) is 0 Å². The first-order chi connectivity index (χ1) is 10.1. The SMILES string of the molecule is O=S(=O)(NC1C2CCOC2C12CCCC2)c1ccccc1. The molecule has 4 nitrogen and oxygen atoms in total. The summed E-state index contributed by atoms with van der Waals surface area (Å²) in [5, 5.41) is 0. The zero-order chi connectivity index (χ0) is 14.5. The summed E-state index contributed by atoms with van der Waals surface area (Å²) in [4.78, 5) is 0.362. The Labute approximate surface area is 125 Å². The monoisotopic (exact) mass is 307 g/mol. The molecule has 1 N–H and O–H groups in total. The third-order valence-corrected chi connectivity index (χ3v) is 7.08. The minimum Gasteiger partial charge on any atom is -0.377 e. The van der Waals surface area contributed by atoms with Gasteiger partial charge in [0.05, 0.1) is 11.0 Å². The van der Waals surface area contributed by atoms with Crippen molar-refractivity contribution in [3.05, 3.63) is 30.3 Å². The van der Waals surface area contributed by atoms with Gasteiger partial charge in [0, 0.05) is 24.0 Å². The molecule has 4 rings (SSSR count). The maximum Gasteiger partial charge on any atom is 0.240 e. The Morgan fingerprint density at radius 1 is 1.14 bits per heavy atom. The number of sulfonamides is 1. The summed E-state index contributed by atoms with van der Waals surface area (Å²) in [5.74, 6) is 0.363. The maximum atomic E-state index is 12.6. The van der Waals surface area contributed by atoms with Crippen LogP contribution in [0.4, 0.5) is 0 Å². The molecule has 0 radical (unpaired) electrons. The molecular formula is C16H21NO3S. The van der Waals surface area contributed by atoms with Crippen LogP contribution in [0.25, 0.3) is 0 Å². The zero-order valence-corrected chi connectivity index (χ0v) is 12.8. The van der Waals surface area contributed by atoms with E-state index in [1.54, 1.807) is 24.3 Å². The number of rotatable bonds is 3. The molecule has 1 aromatic carbocycles. The van der Waals surface area contributed by atoms with Crippen molar-refractivity contribution in [2.45, 2.75) is 49.1 Å². The van der Waals surface area contributed by atoms with Crippen LogP contribution in [0, 0.1) is 11.3 Å². The molecule has 1 spiro atoms. The van der Waals surface area contributed by atoms with Gasteiger partial charge in [0.2, 0.25) is 10.0 Å². The maximum absolute atomic E-state index is 12.6. The fraction of sp³-hybridized carbons (Fsp3) is 0.625. The van der Waals surface area contributed by atoms with Crippen molar-refractivity contribution < 1.29 is 13.2 Å². The summed E-state index contributed by atoms with van der Waals surface area (Å²) < 4.78 is 34.1. The predicted octanol–water partition coefficient (Wildman–Crippen LogP) is 2.31. The second-order valence-electron chi connectivity index (χ2n) is 6.60. The lowest BCUT2D eigenvalue weighted by Crippen LogP contribution is -2.68. The summed E-state index contributed by atoms with van der Waals surface area (Å²) in [6, 6.07) is 8.74. The van der Waals surface area contributed by atoms with Gasteiger partial charge < -0.3 is 4.74 Å². The normalized spacial score (nSPS) is 33.8. The Kier molecular flexibility index (Phi) is 3.14. The second-order valence-corrected chi connectivity index (χ2v) is 8.31. The summed E-state index contributed by atoms with van der Waals surface area (Å²) in [6.07, 6.45) is 5.83. The molecule has 3 fully saturated rings.